The third-order valence-electron chi connectivity index (χ3n) is 2.71. The van der Waals surface area contributed by atoms with Gasteiger partial charge in [0.25, 0.3) is 0 Å². The Labute approximate surface area is 101 Å². The molecule has 0 aromatic rings. The van der Waals surface area contributed by atoms with Crippen LogP contribution in [-0.2, 0) is 0 Å². The molecule has 0 amide bonds. The van der Waals surface area contributed by atoms with Crippen molar-refractivity contribution in [3.63, 3.8) is 0 Å². The molecule has 0 fully saturated rings. The van der Waals surface area contributed by atoms with Crippen LogP contribution in [0.1, 0.15) is 40.5 Å². The molecule has 0 aromatic carbocycles. The zero-order valence-corrected chi connectivity index (χ0v) is 11.3. The van der Waals surface area contributed by atoms with E-state index in [1.165, 1.54) is 6.42 Å². The second kappa shape index (κ2) is 9.62. The molecule has 1 N–H and O–H groups in total. The quantitative estimate of drug-likeness (QED) is 0.612. The van der Waals surface area contributed by atoms with Crippen molar-refractivity contribution in [2.75, 3.05) is 26.2 Å². The molecule has 0 aliphatic heterocycles. The van der Waals surface area contributed by atoms with Gasteiger partial charge in [0.1, 0.15) is 0 Å². The van der Waals surface area contributed by atoms with Gasteiger partial charge in [0.05, 0.1) is 6.07 Å². The van der Waals surface area contributed by atoms with E-state index in [9.17, 15) is 0 Å². The van der Waals surface area contributed by atoms with E-state index in [-0.39, 0.29) is 0 Å². The number of nitrogens with one attached hydrogen (secondary N) is 1. The van der Waals surface area contributed by atoms with Gasteiger partial charge >= 0.3 is 0 Å². The van der Waals surface area contributed by atoms with Gasteiger partial charge in [0.15, 0.2) is 0 Å². The lowest BCUT2D eigenvalue weighted by Gasteiger charge is -2.28. The van der Waals surface area contributed by atoms with E-state index in [1.807, 2.05) is 0 Å². The number of nitriles is 1. The number of rotatable bonds is 9. The van der Waals surface area contributed by atoms with Crippen LogP contribution in [0, 0.1) is 17.2 Å². The Bertz CT molecular complexity index is 196. The Kier molecular flexibility index (Phi) is 9.27. The minimum Gasteiger partial charge on any atom is -0.316 e. The molecule has 3 nitrogen and oxygen atoms in total. The maximum absolute atomic E-state index is 8.62. The molecule has 1 atom stereocenters. The Balaban J connectivity index is 3.84. The predicted molar refractivity (Wildman–Crippen MR) is 69.3 cm³/mol. The molecule has 0 spiro atoms. The van der Waals surface area contributed by atoms with Gasteiger partial charge < -0.3 is 5.32 Å². The highest BCUT2D eigenvalue weighted by Crippen LogP contribution is 2.05. The lowest BCUT2D eigenvalue weighted by molar-refractivity contribution is 0.195. The van der Waals surface area contributed by atoms with E-state index in [0.29, 0.717) is 18.4 Å². The molecule has 0 rings (SSSR count). The van der Waals surface area contributed by atoms with Gasteiger partial charge in [-0.1, -0.05) is 13.8 Å². The van der Waals surface area contributed by atoms with Gasteiger partial charge in [-0.15, -0.1) is 0 Å². The summed E-state index contributed by atoms with van der Waals surface area (Å²) in [5.41, 5.74) is 0. The van der Waals surface area contributed by atoms with Crippen LogP contribution in [0.3, 0.4) is 0 Å². The van der Waals surface area contributed by atoms with Crippen LogP contribution in [0.25, 0.3) is 0 Å². The standard InChI is InChI=1S/C13H27N3/c1-5-8-15-10-13(4)11-16(12(2)3)9-6-7-14/h12-13,15H,5-6,8-11H2,1-4H3. The molecule has 0 bridgehead atoms. The topological polar surface area (TPSA) is 39.1 Å². The fraction of sp³-hybridized carbons (Fsp3) is 0.923. The summed E-state index contributed by atoms with van der Waals surface area (Å²) in [4.78, 5) is 2.39. The molecule has 16 heavy (non-hydrogen) atoms. The van der Waals surface area contributed by atoms with Crippen molar-refractivity contribution >= 4 is 0 Å². The lowest BCUT2D eigenvalue weighted by atomic mass is 10.1. The first-order valence-corrected chi connectivity index (χ1v) is 6.43. The van der Waals surface area contributed by atoms with Crippen molar-refractivity contribution in [1.82, 2.24) is 10.2 Å². The number of hydrogen-bond donors (Lipinski definition) is 1. The fourth-order valence-corrected chi connectivity index (χ4v) is 1.74. The summed E-state index contributed by atoms with van der Waals surface area (Å²) in [7, 11) is 0. The highest BCUT2D eigenvalue weighted by atomic mass is 15.1. The van der Waals surface area contributed by atoms with Crippen molar-refractivity contribution in [2.24, 2.45) is 5.92 Å². The minimum absolute atomic E-state index is 0.530. The average molecular weight is 225 g/mol. The van der Waals surface area contributed by atoms with E-state index >= 15 is 0 Å². The fourth-order valence-electron chi connectivity index (χ4n) is 1.74. The zero-order valence-electron chi connectivity index (χ0n) is 11.3. The molecule has 0 radical (unpaired) electrons. The molecule has 0 aliphatic rings. The van der Waals surface area contributed by atoms with Crippen molar-refractivity contribution in [1.29, 1.82) is 5.26 Å². The van der Waals surface area contributed by atoms with Crippen LogP contribution in [0.4, 0.5) is 0 Å². The van der Waals surface area contributed by atoms with Gasteiger partial charge in [0.2, 0.25) is 0 Å². The van der Waals surface area contributed by atoms with E-state index in [0.717, 1.165) is 26.2 Å². The molecule has 1 unspecified atom stereocenters. The van der Waals surface area contributed by atoms with Gasteiger partial charge in [-0.3, -0.25) is 4.90 Å². The monoisotopic (exact) mass is 225 g/mol. The highest BCUT2D eigenvalue weighted by Gasteiger charge is 2.12. The molecule has 94 valence electrons. The van der Waals surface area contributed by atoms with Crippen molar-refractivity contribution in [3.8, 4) is 6.07 Å². The maximum atomic E-state index is 8.62. The van der Waals surface area contributed by atoms with Crippen molar-refractivity contribution < 1.29 is 0 Å². The first kappa shape index (κ1) is 15.4. The Morgan fingerprint density at radius 3 is 2.50 bits per heavy atom. The van der Waals surface area contributed by atoms with Crippen LogP contribution in [0.2, 0.25) is 0 Å². The van der Waals surface area contributed by atoms with Gasteiger partial charge in [-0.05, 0) is 39.3 Å². The summed E-state index contributed by atoms with van der Waals surface area (Å²) in [6, 6.07) is 2.75. The Morgan fingerprint density at radius 1 is 1.31 bits per heavy atom. The zero-order chi connectivity index (χ0) is 12.4. The summed E-state index contributed by atoms with van der Waals surface area (Å²) in [6.45, 7) is 13.0. The molecular formula is C13H27N3. The number of hydrogen-bond acceptors (Lipinski definition) is 3. The molecule has 0 saturated carbocycles. The van der Waals surface area contributed by atoms with E-state index in [1.54, 1.807) is 0 Å². The molecule has 0 heterocycles. The van der Waals surface area contributed by atoms with E-state index in [4.69, 9.17) is 5.26 Å². The molecule has 3 heteroatoms. The van der Waals surface area contributed by atoms with Crippen LogP contribution in [-0.4, -0.2) is 37.1 Å². The normalized spacial score (nSPS) is 13.1. The first-order valence-electron chi connectivity index (χ1n) is 6.43. The molecule has 0 aromatic heterocycles. The summed E-state index contributed by atoms with van der Waals surface area (Å²) < 4.78 is 0. The van der Waals surface area contributed by atoms with Crippen LogP contribution in [0.15, 0.2) is 0 Å². The third kappa shape index (κ3) is 7.67. The smallest absolute Gasteiger partial charge is 0.0635 e. The summed E-state index contributed by atoms with van der Waals surface area (Å²) >= 11 is 0. The summed E-state index contributed by atoms with van der Waals surface area (Å²) in [5.74, 6) is 0.646. The van der Waals surface area contributed by atoms with E-state index < -0.39 is 0 Å². The lowest BCUT2D eigenvalue weighted by Crippen LogP contribution is -2.38. The average Bonchev–Trinajstić information content (AvgIpc) is 2.24. The van der Waals surface area contributed by atoms with Crippen LogP contribution < -0.4 is 5.32 Å². The maximum Gasteiger partial charge on any atom is 0.0635 e. The second-order valence-corrected chi connectivity index (χ2v) is 4.81. The highest BCUT2D eigenvalue weighted by molar-refractivity contribution is 4.75. The predicted octanol–water partition coefficient (Wildman–Crippen LogP) is 2.25. The van der Waals surface area contributed by atoms with Gasteiger partial charge in [-0.2, -0.15) is 5.26 Å². The van der Waals surface area contributed by atoms with Crippen LogP contribution >= 0.6 is 0 Å². The van der Waals surface area contributed by atoms with Gasteiger partial charge in [0, 0.05) is 25.6 Å². The largest absolute Gasteiger partial charge is 0.316 e. The first-order chi connectivity index (χ1) is 7.61. The Hall–Kier alpha value is -0.590. The van der Waals surface area contributed by atoms with Crippen molar-refractivity contribution in [3.05, 3.63) is 0 Å². The summed E-state index contributed by atoms with van der Waals surface area (Å²) in [5, 5.41) is 12.1. The van der Waals surface area contributed by atoms with Crippen molar-refractivity contribution in [2.45, 2.75) is 46.6 Å². The number of nitrogens with zero attached hydrogens (tertiary/aromatic N) is 2. The molecule has 0 saturated heterocycles. The third-order valence-corrected chi connectivity index (χ3v) is 2.71. The Morgan fingerprint density at radius 2 is 2.00 bits per heavy atom. The van der Waals surface area contributed by atoms with E-state index in [2.05, 4.69) is 44.0 Å². The minimum atomic E-state index is 0.530. The second-order valence-electron chi connectivity index (χ2n) is 4.81. The van der Waals surface area contributed by atoms with Gasteiger partial charge in [-0.25, -0.2) is 0 Å². The SMILES string of the molecule is CCCNCC(C)CN(CCC#N)C(C)C. The van der Waals surface area contributed by atoms with Crippen LogP contribution in [0.5, 0.6) is 0 Å². The molecular weight excluding hydrogens is 198 g/mol. The molecule has 0 aliphatic carbocycles. The summed E-state index contributed by atoms with van der Waals surface area (Å²) in [6.07, 6.45) is 1.82.